The first-order valence-electron chi connectivity index (χ1n) is 3.92. The van der Waals surface area contributed by atoms with Crippen molar-refractivity contribution in [3.8, 4) is 0 Å². The van der Waals surface area contributed by atoms with E-state index in [0.717, 1.165) is 0 Å². The van der Waals surface area contributed by atoms with E-state index in [1.807, 2.05) is 0 Å². The largest absolute Gasteiger partial charge is 0.309 e. The molecule has 13 heavy (non-hydrogen) atoms. The Bertz CT molecular complexity index is 298. The van der Waals surface area contributed by atoms with Crippen LogP contribution in [0.5, 0.6) is 0 Å². The molecule has 6 heteroatoms. The summed E-state index contributed by atoms with van der Waals surface area (Å²) in [7, 11) is 1.73. The van der Waals surface area contributed by atoms with E-state index in [0.29, 0.717) is 11.0 Å². The fraction of sp³-hybridized carbons (Fsp3) is 0.571. The number of hydrogen-bond donors (Lipinski definition) is 2. The first-order valence-corrected chi connectivity index (χ1v) is 4.69. The molecule has 1 heterocycles. The van der Waals surface area contributed by atoms with E-state index >= 15 is 0 Å². The number of nitrogens with one attached hydrogen (secondary N) is 2. The second-order valence-electron chi connectivity index (χ2n) is 2.65. The Labute approximate surface area is 80.7 Å². The Kier molecular flexibility index (Phi) is 3.32. The maximum Gasteiger partial charge on any atom is 0.243 e. The second-order valence-corrected chi connectivity index (χ2v) is 3.40. The molecular weight excluding hydrogens is 188 g/mol. The molecule has 0 bridgehead atoms. The molecule has 1 unspecified atom stereocenters. The van der Waals surface area contributed by atoms with Gasteiger partial charge in [0.1, 0.15) is 5.82 Å². The van der Waals surface area contributed by atoms with Gasteiger partial charge in [-0.3, -0.25) is 10.1 Å². The lowest BCUT2D eigenvalue weighted by molar-refractivity contribution is -0.117. The average molecular weight is 200 g/mol. The summed E-state index contributed by atoms with van der Waals surface area (Å²) in [6.45, 7) is 3.57. The van der Waals surface area contributed by atoms with E-state index in [1.54, 1.807) is 20.9 Å². The Morgan fingerprint density at radius 1 is 1.62 bits per heavy atom. The van der Waals surface area contributed by atoms with E-state index < -0.39 is 0 Å². The molecule has 2 N–H and O–H groups in total. The van der Waals surface area contributed by atoms with Gasteiger partial charge in [-0.1, -0.05) is 0 Å². The van der Waals surface area contributed by atoms with Gasteiger partial charge in [-0.05, 0) is 20.9 Å². The Hall–Kier alpha value is -1.01. The van der Waals surface area contributed by atoms with Gasteiger partial charge in [0.15, 0.2) is 0 Å². The fourth-order valence-corrected chi connectivity index (χ4v) is 1.27. The molecule has 0 radical (unpaired) electrons. The summed E-state index contributed by atoms with van der Waals surface area (Å²) < 4.78 is 3.95. The lowest BCUT2D eigenvalue weighted by Gasteiger charge is -2.07. The summed E-state index contributed by atoms with van der Waals surface area (Å²) in [5.74, 6) is 0.580. The molecule has 0 saturated heterocycles. The maximum absolute atomic E-state index is 11.3. The summed E-state index contributed by atoms with van der Waals surface area (Å²) in [4.78, 5) is 15.3. The van der Waals surface area contributed by atoms with Crippen molar-refractivity contribution in [2.45, 2.75) is 19.9 Å². The number of amides is 1. The van der Waals surface area contributed by atoms with Crippen molar-refractivity contribution < 1.29 is 4.79 Å². The number of anilines is 1. The van der Waals surface area contributed by atoms with Crippen LogP contribution in [0.1, 0.15) is 12.7 Å². The number of likely N-dealkylation sites (N-methyl/N-ethyl adjacent to an activating group) is 1. The summed E-state index contributed by atoms with van der Waals surface area (Å²) in [6, 6.07) is -0.218. The monoisotopic (exact) mass is 200 g/mol. The van der Waals surface area contributed by atoms with Crippen LogP contribution < -0.4 is 10.6 Å². The smallest absolute Gasteiger partial charge is 0.243 e. The van der Waals surface area contributed by atoms with E-state index in [1.165, 1.54) is 11.5 Å². The first-order chi connectivity index (χ1) is 6.13. The molecule has 1 atom stereocenters. The van der Waals surface area contributed by atoms with Gasteiger partial charge >= 0.3 is 0 Å². The van der Waals surface area contributed by atoms with Crippen LogP contribution in [0, 0.1) is 6.92 Å². The third kappa shape index (κ3) is 2.74. The lowest BCUT2D eigenvalue weighted by Crippen LogP contribution is -2.35. The van der Waals surface area contributed by atoms with Crippen LogP contribution in [0.2, 0.25) is 0 Å². The quantitative estimate of drug-likeness (QED) is 0.741. The Morgan fingerprint density at radius 2 is 2.31 bits per heavy atom. The lowest BCUT2D eigenvalue weighted by atomic mass is 10.3. The first kappa shape index (κ1) is 10.1. The maximum atomic E-state index is 11.3. The van der Waals surface area contributed by atoms with Crippen LogP contribution in [-0.2, 0) is 4.79 Å². The van der Waals surface area contributed by atoms with Crippen molar-refractivity contribution in [1.29, 1.82) is 0 Å². The van der Waals surface area contributed by atoms with Crippen LogP contribution in [0.15, 0.2) is 0 Å². The minimum Gasteiger partial charge on any atom is -0.309 e. The summed E-state index contributed by atoms with van der Waals surface area (Å²) in [6.07, 6.45) is 0. The van der Waals surface area contributed by atoms with Crippen molar-refractivity contribution in [3.05, 3.63) is 5.82 Å². The van der Waals surface area contributed by atoms with Gasteiger partial charge < -0.3 is 5.32 Å². The highest BCUT2D eigenvalue weighted by Crippen LogP contribution is 2.09. The van der Waals surface area contributed by atoms with Gasteiger partial charge in [-0.15, -0.1) is 0 Å². The van der Waals surface area contributed by atoms with Crippen molar-refractivity contribution in [1.82, 2.24) is 14.7 Å². The number of carbonyl (C=O) groups excluding carboxylic acids is 1. The van der Waals surface area contributed by atoms with Crippen LogP contribution in [-0.4, -0.2) is 28.4 Å². The number of nitrogens with zero attached hydrogens (tertiary/aromatic N) is 2. The van der Waals surface area contributed by atoms with Gasteiger partial charge in [-0.25, -0.2) is 4.98 Å². The molecule has 1 aromatic heterocycles. The third-order valence-corrected chi connectivity index (χ3v) is 2.31. The highest BCUT2D eigenvalue weighted by molar-refractivity contribution is 7.09. The van der Waals surface area contributed by atoms with Crippen molar-refractivity contribution in [2.24, 2.45) is 0 Å². The van der Waals surface area contributed by atoms with Gasteiger partial charge in [0.25, 0.3) is 0 Å². The normalized spacial score (nSPS) is 12.5. The molecule has 0 aromatic carbocycles. The summed E-state index contributed by atoms with van der Waals surface area (Å²) >= 11 is 1.18. The number of aryl methyl sites for hydroxylation is 1. The van der Waals surface area contributed by atoms with Gasteiger partial charge in [0, 0.05) is 11.5 Å². The molecular formula is C7H12N4OS. The predicted octanol–water partition coefficient (Wildman–Crippen LogP) is 0.393. The summed E-state index contributed by atoms with van der Waals surface area (Å²) in [5, 5.41) is 6.04. The SMILES string of the molecule is CNC(C)C(=O)Nc1nc(C)ns1. The average Bonchev–Trinajstić information content (AvgIpc) is 2.49. The molecule has 72 valence electrons. The number of aromatic nitrogens is 2. The highest BCUT2D eigenvalue weighted by Gasteiger charge is 2.11. The zero-order chi connectivity index (χ0) is 9.84. The minimum atomic E-state index is -0.218. The molecule has 0 aliphatic heterocycles. The predicted molar refractivity (Wildman–Crippen MR) is 51.8 cm³/mol. The van der Waals surface area contributed by atoms with E-state index in [2.05, 4.69) is 20.0 Å². The molecule has 0 fully saturated rings. The summed E-state index contributed by atoms with van der Waals surface area (Å²) in [5.41, 5.74) is 0. The molecule has 0 aliphatic rings. The van der Waals surface area contributed by atoms with E-state index in [9.17, 15) is 4.79 Å². The Morgan fingerprint density at radius 3 is 2.77 bits per heavy atom. The molecule has 1 aromatic rings. The molecule has 1 rings (SSSR count). The number of rotatable bonds is 3. The van der Waals surface area contributed by atoms with Crippen LogP contribution in [0.25, 0.3) is 0 Å². The molecule has 1 amide bonds. The highest BCUT2D eigenvalue weighted by atomic mass is 32.1. The molecule has 0 aliphatic carbocycles. The standard InChI is InChI=1S/C7H12N4OS/c1-4(8-3)6(12)10-7-9-5(2)11-13-7/h4,8H,1-3H3,(H,9,10,11,12). The molecule has 0 spiro atoms. The van der Waals surface area contributed by atoms with Gasteiger partial charge in [-0.2, -0.15) is 4.37 Å². The number of carbonyl (C=O) groups is 1. The zero-order valence-electron chi connectivity index (χ0n) is 7.79. The van der Waals surface area contributed by atoms with Crippen molar-refractivity contribution in [2.75, 3.05) is 12.4 Å². The van der Waals surface area contributed by atoms with Gasteiger partial charge in [0.05, 0.1) is 6.04 Å². The molecule has 5 nitrogen and oxygen atoms in total. The van der Waals surface area contributed by atoms with Crippen LogP contribution in [0.4, 0.5) is 5.13 Å². The topological polar surface area (TPSA) is 66.9 Å². The van der Waals surface area contributed by atoms with E-state index in [-0.39, 0.29) is 11.9 Å². The van der Waals surface area contributed by atoms with Gasteiger partial charge in [0.2, 0.25) is 11.0 Å². The van der Waals surface area contributed by atoms with Crippen LogP contribution in [0.3, 0.4) is 0 Å². The van der Waals surface area contributed by atoms with Crippen molar-refractivity contribution in [3.63, 3.8) is 0 Å². The minimum absolute atomic E-state index is 0.0985. The van der Waals surface area contributed by atoms with E-state index in [4.69, 9.17) is 0 Å². The number of hydrogen-bond acceptors (Lipinski definition) is 5. The fourth-order valence-electron chi connectivity index (χ4n) is 0.693. The van der Waals surface area contributed by atoms with Crippen LogP contribution >= 0.6 is 11.5 Å². The third-order valence-electron chi connectivity index (χ3n) is 1.58. The van der Waals surface area contributed by atoms with Crippen molar-refractivity contribution >= 4 is 22.6 Å². The molecule has 0 saturated carbocycles. The second kappa shape index (κ2) is 4.29. The zero-order valence-corrected chi connectivity index (χ0v) is 8.60. The Balaban J connectivity index is 2.54.